The highest BCUT2D eigenvalue weighted by Gasteiger charge is 2.85. The van der Waals surface area contributed by atoms with Crippen LogP contribution in [-0.2, 0) is 24.9 Å². The molecule has 0 unspecified atom stereocenters. The summed E-state index contributed by atoms with van der Waals surface area (Å²) >= 11 is 0. The minimum Gasteiger partial charge on any atom is -0.459 e. The molecule has 10 heteroatoms. The Morgan fingerprint density at radius 2 is 1.61 bits per heavy atom. The van der Waals surface area contributed by atoms with Crippen molar-refractivity contribution in [2.45, 2.75) is 86.4 Å². The molecule has 44 heavy (non-hydrogen) atoms. The molecule has 5 aliphatic rings. The van der Waals surface area contributed by atoms with Crippen LogP contribution >= 0.6 is 0 Å². The summed E-state index contributed by atoms with van der Waals surface area (Å²) in [6, 6.07) is 17.2. The highest BCUT2D eigenvalue weighted by atomic mass is 16.9. The fourth-order valence-electron chi connectivity index (χ4n) is 9.25. The molecule has 10 nitrogen and oxygen atoms in total. The number of aliphatic hydroxyl groups is 5. The zero-order chi connectivity index (χ0) is 31.4. The standard InChI is InChI=1S/C34H40O10/c1-18(2)31-16-20(4)33-23-15-19(3)25(35)32(23,40)29(38)30(39,17-41-28(37)21-11-7-5-8-12-21)26(36)24(33)27(31)42-34(43-31,44-33)22-13-9-6-10-14-22/h5-14,19-20,23-27,29,35-36,38-40H,1,15-17H2,2-4H3/t19-,20+,23+,24-,25-,26-,27+,29+,30+,31+,32+,33-,34+/m0/s1. The smallest absolute Gasteiger partial charge is 0.338 e. The van der Waals surface area contributed by atoms with E-state index in [1.165, 1.54) is 12.1 Å². The van der Waals surface area contributed by atoms with E-state index in [-0.39, 0.29) is 12.0 Å². The number of benzene rings is 2. The molecule has 2 saturated heterocycles. The van der Waals surface area contributed by atoms with Crippen molar-refractivity contribution in [2.24, 2.45) is 23.7 Å². The van der Waals surface area contributed by atoms with Crippen LogP contribution in [0.2, 0.25) is 0 Å². The van der Waals surface area contributed by atoms with Crippen LogP contribution in [0.15, 0.2) is 72.8 Å². The second-order valence-corrected chi connectivity index (χ2v) is 13.7. The zero-order valence-corrected chi connectivity index (χ0v) is 25.0. The average molecular weight is 609 g/mol. The van der Waals surface area contributed by atoms with Gasteiger partial charge >= 0.3 is 11.9 Å². The van der Waals surface area contributed by atoms with Gasteiger partial charge in [-0.2, -0.15) is 0 Å². The second-order valence-electron chi connectivity index (χ2n) is 13.7. The lowest BCUT2D eigenvalue weighted by Gasteiger charge is -2.61. The predicted molar refractivity (Wildman–Crippen MR) is 155 cm³/mol. The molecular weight excluding hydrogens is 568 g/mol. The van der Waals surface area contributed by atoms with Gasteiger partial charge in [-0.1, -0.05) is 69.0 Å². The van der Waals surface area contributed by atoms with E-state index in [0.29, 0.717) is 17.6 Å². The molecule has 236 valence electrons. The summed E-state index contributed by atoms with van der Waals surface area (Å²) in [5, 5.41) is 60.8. The van der Waals surface area contributed by atoms with Crippen molar-refractivity contribution in [3.63, 3.8) is 0 Å². The molecule has 3 bridgehead atoms. The van der Waals surface area contributed by atoms with Gasteiger partial charge in [-0.3, -0.25) is 0 Å². The molecule has 0 spiro atoms. The molecule has 5 fully saturated rings. The van der Waals surface area contributed by atoms with Crippen LogP contribution in [0, 0.1) is 23.7 Å². The van der Waals surface area contributed by atoms with Crippen LogP contribution < -0.4 is 0 Å². The third-order valence-electron chi connectivity index (χ3n) is 11.4. The van der Waals surface area contributed by atoms with Crippen molar-refractivity contribution in [2.75, 3.05) is 6.61 Å². The molecule has 2 heterocycles. The van der Waals surface area contributed by atoms with Crippen molar-refractivity contribution in [3.8, 4) is 0 Å². The van der Waals surface area contributed by atoms with Gasteiger partial charge in [-0.25, -0.2) is 4.79 Å². The van der Waals surface area contributed by atoms with E-state index in [0.717, 1.165) is 0 Å². The maximum Gasteiger partial charge on any atom is 0.338 e. The minimum atomic E-state index is -2.64. The molecule has 7 rings (SSSR count). The van der Waals surface area contributed by atoms with E-state index in [4.69, 9.17) is 18.9 Å². The quantitative estimate of drug-likeness (QED) is 0.252. The van der Waals surface area contributed by atoms with Gasteiger partial charge < -0.3 is 44.5 Å². The summed E-state index contributed by atoms with van der Waals surface area (Å²) in [5.41, 5.74) is -6.27. The molecule has 13 atom stereocenters. The van der Waals surface area contributed by atoms with E-state index in [9.17, 15) is 30.3 Å². The number of carbonyl (C=O) groups excluding carboxylic acids is 1. The lowest BCUT2D eigenvalue weighted by atomic mass is 9.53. The largest absolute Gasteiger partial charge is 0.459 e. The van der Waals surface area contributed by atoms with Gasteiger partial charge in [-0.05, 0) is 49.3 Å². The first-order valence-electron chi connectivity index (χ1n) is 15.3. The van der Waals surface area contributed by atoms with Gasteiger partial charge in [0.2, 0.25) is 0 Å². The van der Waals surface area contributed by atoms with Gasteiger partial charge in [0.1, 0.15) is 30.0 Å². The van der Waals surface area contributed by atoms with Crippen LogP contribution in [-0.4, -0.2) is 84.9 Å². The maximum absolute atomic E-state index is 13.0. The topological polar surface area (TPSA) is 155 Å². The highest BCUT2D eigenvalue weighted by Crippen LogP contribution is 2.72. The maximum atomic E-state index is 13.0. The van der Waals surface area contributed by atoms with Gasteiger partial charge in [0.15, 0.2) is 5.60 Å². The lowest BCUT2D eigenvalue weighted by Crippen LogP contribution is -2.73. The lowest BCUT2D eigenvalue weighted by molar-refractivity contribution is -0.446. The molecule has 3 saturated carbocycles. The van der Waals surface area contributed by atoms with Crippen molar-refractivity contribution in [3.05, 3.63) is 83.9 Å². The summed E-state index contributed by atoms with van der Waals surface area (Å²) in [6.07, 6.45) is -5.89. The van der Waals surface area contributed by atoms with E-state index in [1.54, 1.807) is 37.3 Å². The third-order valence-corrected chi connectivity index (χ3v) is 11.4. The van der Waals surface area contributed by atoms with Crippen molar-refractivity contribution < 1.29 is 49.3 Å². The molecular formula is C34H40O10. The van der Waals surface area contributed by atoms with E-state index >= 15 is 0 Å². The van der Waals surface area contributed by atoms with E-state index in [2.05, 4.69) is 6.58 Å². The average Bonchev–Trinajstić information content (AvgIpc) is 3.38. The SMILES string of the molecule is C=C(C)[C@]12C[C@@H](C)[C@@]34O[C@](c5ccccc5)(O[C@@H]1[C@@H]3[C@H](O)[C@](O)(COC(=O)c1ccccc1)[C@@H](O)[C@@]1(O)[C@H]4C[C@H](C)[C@@H]1O)O2. The summed E-state index contributed by atoms with van der Waals surface area (Å²) in [7, 11) is 0. The summed E-state index contributed by atoms with van der Waals surface area (Å²) < 4.78 is 26.0. The predicted octanol–water partition coefficient (Wildman–Crippen LogP) is 2.02. The van der Waals surface area contributed by atoms with Crippen LogP contribution in [0.1, 0.15) is 49.5 Å². The molecule has 5 N–H and O–H groups in total. The summed E-state index contributed by atoms with van der Waals surface area (Å²) in [6.45, 7) is 8.85. The van der Waals surface area contributed by atoms with Crippen molar-refractivity contribution in [1.82, 2.24) is 0 Å². The fourth-order valence-corrected chi connectivity index (χ4v) is 9.25. The van der Waals surface area contributed by atoms with Crippen LogP contribution in [0.4, 0.5) is 0 Å². The summed E-state index contributed by atoms with van der Waals surface area (Å²) in [4.78, 5) is 13.0. The molecule has 0 amide bonds. The number of fused-ring (bicyclic) bond motifs is 2. The third kappa shape index (κ3) is 3.56. The van der Waals surface area contributed by atoms with E-state index in [1.807, 2.05) is 32.0 Å². The Hall–Kier alpha value is -2.67. The van der Waals surface area contributed by atoms with E-state index < -0.39 is 89.0 Å². The molecule has 2 aromatic rings. The van der Waals surface area contributed by atoms with Gasteiger partial charge in [0.25, 0.3) is 0 Å². The fraction of sp³-hybridized carbons (Fsp3) is 0.559. The number of aliphatic hydroxyl groups excluding tert-OH is 3. The van der Waals surface area contributed by atoms with Gasteiger partial charge in [0, 0.05) is 17.4 Å². The number of ether oxygens (including phenoxy) is 4. The molecule has 2 aromatic carbocycles. The minimum absolute atomic E-state index is 0.200. The first kappa shape index (κ1) is 30.0. The van der Waals surface area contributed by atoms with Gasteiger partial charge in [-0.15, -0.1) is 0 Å². The van der Waals surface area contributed by atoms with Crippen molar-refractivity contribution in [1.29, 1.82) is 0 Å². The normalized spacial score (nSPS) is 48.7. The first-order valence-corrected chi connectivity index (χ1v) is 15.3. The Labute approximate surface area is 255 Å². The highest BCUT2D eigenvalue weighted by molar-refractivity contribution is 5.89. The molecule has 2 aliphatic heterocycles. The number of rotatable bonds is 5. The number of hydrogen-bond donors (Lipinski definition) is 5. The Kier molecular flexibility index (Phi) is 6.59. The Morgan fingerprint density at radius 1 is 0.977 bits per heavy atom. The summed E-state index contributed by atoms with van der Waals surface area (Å²) in [5.74, 6) is -5.59. The molecule has 0 aromatic heterocycles. The Balaban J connectivity index is 1.42. The van der Waals surface area contributed by atoms with Crippen LogP contribution in [0.5, 0.6) is 0 Å². The van der Waals surface area contributed by atoms with Gasteiger partial charge in [0.05, 0.1) is 23.4 Å². The molecule has 0 radical (unpaired) electrons. The Morgan fingerprint density at radius 3 is 2.25 bits per heavy atom. The first-order chi connectivity index (χ1) is 20.8. The Bertz CT molecular complexity index is 1470. The monoisotopic (exact) mass is 608 g/mol. The number of hydrogen-bond acceptors (Lipinski definition) is 10. The van der Waals surface area contributed by atoms with Crippen LogP contribution in [0.25, 0.3) is 0 Å². The number of carbonyl (C=O) groups is 1. The zero-order valence-electron chi connectivity index (χ0n) is 25.0. The number of esters is 1. The van der Waals surface area contributed by atoms with Crippen LogP contribution in [0.3, 0.4) is 0 Å². The molecule has 3 aliphatic carbocycles. The van der Waals surface area contributed by atoms with Crippen molar-refractivity contribution >= 4 is 5.97 Å². The second kappa shape index (κ2) is 9.67.